The summed E-state index contributed by atoms with van der Waals surface area (Å²) in [4.78, 5) is 26.1. The van der Waals surface area contributed by atoms with E-state index in [1.165, 1.54) is 4.90 Å². The van der Waals surface area contributed by atoms with E-state index in [-0.39, 0.29) is 18.2 Å². The van der Waals surface area contributed by atoms with Crippen LogP contribution >= 0.6 is 0 Å². The van der Waals surface area contributed by atoms with Gasteiger partial charge in [0.15, 0.2) is 11.9 Å². The molecule has 0 bridgehead atoms. The van der Waals surface area contributed by atoms with Gasteiger partial charge in [-0.25, -0.2) is 0 Å². The third-order valence-corrected chi connectivity index (χ3v) is 3.47. The molecule has 3 rings (SSSR count). The van der Waals surface area contributed by atoms with Gasteiger partial charge in [0.25, 0.3) is 5.91 Å². The SMILES string of the molecule is C[C@H]1Oc2ccccc2N(CC(=O)c2ccccc2)C1=O. The largest absolute Gasteiger partial charge is 0.479 e. The highest BCUT2D eigenvalue weighted by Crippen LogP contribution is 2.33. The van der Waals surface area contributed by atoms with Crippen molar-refractivity contribution >= 4 is 17.4 Å². The fourth-order valence-electron chi connectivity index (χ4n) is 2.38. The molecule has 1 atom stereocenters. The summed E-state index contributed by atoms with van der Waals surface area (Å²) in [5, 5.41) is 0. The second-order valence-electron chi connectivity index (χ2n) is 4.94. The first-order chi connectivity index (χ1) is 10.2. The van der Waals surface area contributed by atoms with E-state index in [0.29, 0.717) is 17.0 Å². The first kappa shape index (κ1) is 13.4. The summed E-state index contributed by atoms with van der Waals surface area (Å²) in [6.07, 6.45) is -0.580. The van der Waals surface area contributed by atoms with E-state index in [0.717, 1.165) is 0 Å². The van der Waals surface area contributed by atoms with Crippen LogP contribution in [0.2, 0.25) is 0 Å². The van der Waals surface area contributed by atoms with Crippen molar-refractivity contribution in [2.45, 2.75) is 13.0 Å². The monoisotopic (exact) mass is 281 g/mol. The lowest BCUT2D eigenvalue weighted by Crippen LogP contribution is -2.46. The van der Waals surface area contributed by atoms with Crippen molar-refractivity contribution in [1.29, 1.82) is 0 Å². The maximum absolute atomic E-state index is 12.3. The van der Waals surface area contributed by atoms with Gasteiger partial charge < -0.3 is 4.74 Å². The van der Waals surface area contributed by atoms with E-state index in [9.17, 15) is 9.59 Å². The molecule has 1 aliphatic heterocycles. The van der Waals surface area contributed by atoms with Gasteiger partial charge in [-0.2, -0.15) is 0 Å². The molecule has 0 spiro atoms. The first-order valence-corrected chi connectivity index (χ1v) is 6.82. The van der Waals surface area contributed by atoms with Crippen LogP contribution in [0.4, 0.5) is 5.69 Å². The Morgan fingerprint density at radius 1 is 1.10 bits per heavy atom. The van der Waals surface area contributed by atoms with Crippen LogP contribution in [0, 0.1) is 0 Å². The molecule has 4 nitrogen and oxygen atoms in total. The van der Waals surface area contributed by atoms with Crippen molar-refractivity contribution in [2.24, 2.45) is 0 Å². The molecule has 1 heterocycles. The highest BCUT2D eigenvalue weighted by atomic mass is 16.5. The Bertz CT molecular complexity index is 681. The van der Waals surface area contributed by atoms with Crippen molar-refractivity contribution in [3.63, 3.8) is 0 Å². The van der Waals surface area contributed by atoms with Gasteiger partial charge in [0.05, 0.1) is 12.2 Å². The predicted molar refractivity (Wildman–Crippen MR) is 79.7 cm³/mol. The van der Waals surface area contributed by atoms with Crippen molar-refractivity contribution in [3.05, 3.63) is 60.2 Å². The van der Waals surface area contributed by atoms with Gasteiger partial charge >= 0.3 is 0 Å². The van der Waals surface area contributed by atoms with Crippen molar-refractivity contribution in [3.8, 4) is 5.75 Å². The molecule has 0 fully saturated rings. The van der Waals surface area contributed by atoms with Crippen LogP contribution in [0.25, 0.3) is 0 Å². The van der Waals surface area contributed by atoms with E-state index in [4.69, 9.17) is 4.74 Å². The fourth-order valence-corrected chi connectivity index (χ4v) is 2.38. The minimum Gasteiger partial charge on any atom is -0.479 e. The van der Waals surface area contributed by atoms with Crippen LogP contribution in [0.15, 0.2) is 54.6 Å². The second kappa shape index (κ2) is 5.40. The molecule has 1 amide bonds. The summed E-state index contributed by atoms with van der Waals surface area (Å²) in [6, 6.07) is 16.2. The van der Waals surface area contributed by atoms with E-state index < -0.39 is 6.10 Å². The van der Waals surface area contributed by atoms with E-state index in [1.807, 2.05) is 30.3 Å². The topological polar surface area (TPSA) is 46.6 Å². The molecule has 106 valence electrons. The van der Waals surface area contributed by atoms with Gasteiger partial charge in [0.2, 0.25) is 0 Å². The number of benzene rings is 2. The standard InChI is InChI=1S/C17H15NO3/c1-12-17(20)18(14-9-5-6-10-16(14)21-12)11-15(19)13-7-3-2-4-8-13/h2-10,12H,11H2,1H3/t12-/m1/s1. The van der Waals surface area contributed by atoms with Crippen molar-refractivity contribution in [1.82, 2.24) is 0 Å². The number of ketones is 1. The molecule has 0 unspecified atom stereocenters. The van der Waals surface area contributed by atoms with Crippen LogP contribution in [-0.2, 0) is 4.79 Å². The summed E-state index contributed by atoms with van der Waals surface area (Å²) in [5.74, 6) is 0.344. The number of amides is 1. The van der Waals surface area contributed by atoms with Gasteiger partial charge in [-0.3, -0.25) is 14.5 Å². The molecule has 4 heteroatoms. The van der Waals surface area contributed by atoms with E-state index in [1.54, 1.807) is 31.2 Å². The molecular formula is C17H15NO3. The zero-order valence-corrected chi connectivity index (χ0v) is 11.7. The zero-order chi connectivity index (χ0) is 14.8. The Morgan fingerprint density at radius 2 is 1.76 bits per heavy atom. The third-order valence-electron chi connectivity index (χ3n) is 3.47. The quantitative estimate of drug-likeness (QED) is 0.813. The summed E-state index contributed by atoms with van der Waals surface area (Å²) >= 11 is 0. The molecule has 2 aromatic carbocycles. The highest BCUT2D eigenvalue weighted by Gasteiger charge is 2.32. The van der Waals surface area contributed by atoms with Crippen LogP contribution in [0.3, 0.4) is 0 Å². The number of fused-ring (bicyclic) bond motifs is 1. The molecule has 21 heavy (non-hydrogen) atoms. The Kier molecular flexibility index (Phi) is 3.44. The maximum atomic E-state index is 12.3. The number of nitrogens with zero attached hydrogens (tertiary/aromatic N) is 1. The number of rotatable bonds is 3. The van der Waals surface area contributed by atoms with Crippen molar-refractivity contribution in [2.75, 3.05) is 11.4 Å². The Balaban J connectivity index is 1.91. The second-order valence-corrected chi connectivity index (χ2v) is 4.94. The van der Waals surface area contributed by atoms with Gasteiger partial charge in [0, 0.05) is 5.56 Å². The number of hydrogen-bond donors (Lipinski definition) is 0. The molecule has 0 N–H and O–H groups in total. The zero-order valence-electron chi connectivity index (χ0n) is 11.7. The molecule has 0 saturated heterocycles. The Labute approximate surface area is 123 Å². The van der Waals surface area contributed by atoms with E-state index in [2.05, 4.69) is 0 Å². The number of ether oxygens (including phenoxy) is 1. The summed E-state index contributed by atoms with van der Waals surface area (Å²) in [6.45, 7) is 1.71. The molecule has 2 aromatic rings. The molecule has 1 aliphatic rings. The normalized spacial score (nSPS) is 17.1. The average Bonchev–Trinajstić information content (AvgIpc) is 2.52. The minimum absolute atomic E-state index is 0.0214. The lowest BCUT2D eigenvalue weighted by atomic mass is 10.1. The smallest absolute Gasteiger partial charge is 0.268 e. The Morgan fingerprint density at radius 3 is 2.52 bits per heavy atom. The minimum atomic E-state index is -0.580. The van der Waals surface area contributed by atoms with Gasteiger partial charge in [-0.1, -0.05) is 42.5 Å². The summed E-state index contributed by atoms with van der Waals surface area (Å²) in [7, 11) is 0. The number of carbonyl (C=O) groups is 2. The first-order valence-electron chi connectivity index (χ1n) is 6.82. The summed E-state index contributed by atoms with van der Waals surface area (Å²) in [5.41, 5.74) is 1.24. The molecule has 0 aromatic heterocycles. The molecule has 0 aliphatic carbocycles. The highest BCUT2D eigenvalue weighted by molar-refractivity contribution is 6.08. The van der Waals surface area contributed by atoms with Crippen LogP contribution < -0.4 is 9.64 Å². The maximum Gasteiger partial charge on any atom is 0.268 e. The Hall–Kier alpha value is -2.62. The molecule has 0 saturated carbocycles. The van der Waals surface area contributed by atoms with Crippen LogP contribution in [-0.4, -0.2) is 24.3 Å². The third kappa shape index (κ3) is 2.52. The summed E-state index contributed by atoms with van der Waals surface area (Å²) < 4.78 is 5.56. The van der Waals surface area contributed by atoms with Gasteiger partial charge in [0.1, 0.15) is 5.75 Å². The van der Waals surface area contributed by atoms with Crippen LogP contribution in [0.1, 0.15) is 17.3 Å². The average molecular weight is 281 g/mol. The van der Waals surface area contributed by atoms with Gasteiger partial charge in [-0.05, 0) is 19.1 Å². The number of hydrogen-bond acceptors (Lipinski definition) is 3. The number of carbonyl (C=O) groups excluding carboxylic acids is 2. The molecular weight excluding hydrogens is 266 g/mol. The lowest BCUT2D eigenvalue weighted by Gasteiger charge is -2.32. The predicted octanol–water partition coefficient (Wildman–Crippen LogP) is 2.68. The van der Waals surface area contributed by atoms with E-state index >= 15 is 0 Å². The fraction of sp³-hybridized carbons (Fsp3) is 0.176. The number of anilines is 1. The lowest BCUT2D eigenvalue weighted by molar-refractivity contribution is -0.125. The van der Waals surface area contributed by atoms with Gasteiger partial charge in [-0.15, -0.1) is 0 Å². The van der Waals surface area contributed by atoms with Crippen LogP contribution in [0.5, 0.6) is 5.75 Å². The molecule has 0 radical (unpaired) electrons. The van der Waals surface area contributed by atoms with Crippen molar-refractivity contribution < 1.29 is 14.3 Å². The number of para-hydroxylation sites is 2. The number of Topliss-reactive ketones (excluding diaryl/α,β-unsaturated/α-hetero) is 1.